The van der Waals surface area contributed by atoms with Gasteiger partial charge in [0.05, 0.1) is 0 Å². The molecule has 0 saturated carbocycles. The standard InChI is InChI=1S/C21H20N2O2/c1-16-7-13-20(14-8-16)25-15-21(24)23-19-11-9-18(10-12-19)22-17-5-3-2-4-6-17/h2-14,22H,15H2,1H3,(H,23,24). The minimum Gasteiger partial charge on any atom is -0.484 e. The molecule has 0 unspecified atom stereocenters. The largest absolute Gasteiger partial charge is 0.484 e. The van der Waals surface area contributed by atoms with Gasteiger partial charge in [0, 0.05) is 17.1 Å². The van der Waals surface area contributed by atoms with Crippen LogP contribution in [0.15, 0.2) is 78.9 Å². The summed E-state index contributed by atoms with van der Waals surface area (Å²) in [6.07, 6.45) is 0. The van der Waals surface area contributed by atoms with E-state index in [9.17, 15) is 4.79 Å². The number of anilines is 3. The van der Waals surface area contributed by atoms with Crippen LogP contribution in [0.4, 0.5) is 17.1 Å². The van der Waals surface area contributed by atoms with Crippen molar-refractivity contribution in [1.29, 1.82) is 0 Å². The molecular weight excluding hydrogens is 312 g/mol. The summed E-state index contributed by atoms with van der Waals surface area (Å²) in [6, 6.07) is 25.1. The molecule has 3 aromatic carbocycles. The molecule has 0 bridgehead atoms. The van der Waals surface area contributed by atoms with Crippen molar-refractivity contribution in [2.24, 2.45) is 0 Å². The van der Waals surface area contributed by atoms with E-state index in [1.54, 1.807) is 0 Å². The van der Waals surface area contributed by atoms with Crippen LogP contribution in [0, 0.1) is 6.92 Å². The van der Waals surface area contributed by atoms with Gasteiger partial charge in [-0.25, -0.2) is 0 Å². The summed E-state index contributed by atoms with van der Waals surface area (Å²) in [7, 11) is 0. The van der Waals surface area contributed by atoms with Gasteiger partial charge in [-0.3, -0.25) is 4.79 Å². The summed E-state index contributed by atoms with van der Waals surface area (Å²) in [5.74, 6) is 0.493. The Morgan fingerprint density at radius 2 is 1.40 bits per heavy atom. The van der Waals surface area contributed by atoms with Crippen LogP contribution in [-0.4, -0.2) is 12.5 Å². The zero-order valence-corrected chi connectivity index (χ0v) is 14.0. The van der Waals surface area contributed by atoms with E-state index in [2.05, 4.69) is 10.6 Å². The van der Waals surface area contributed by atoms with E-state index in [-0.39, 0.29) is 12.5 Å². The molecule has 3 aromatic rings. The molecule has 0 saturated heterocycles. The number of aryl methyl sites for hydroxylation is 1. The molecule has 4 nitrogen and oxygen atoms in total. The fourth-order valence-electron chi connectivity index (χ4n) is 2.31. The molecule has 126 valence electrons. The number of hydrogen-bond acceptors (Lipinski definition) is 3. The van der Waals surface area contributed by atoms with Crippen LogP contribution in [0.3, 0.4) is 0 Å². The first-order valence-electron chi connectivity index (χ1n) is 8.10. The smallest absolute Gasteiger partial charge is 0.262 e. The number of hydrogen-bond donors (Lipinski definition) is 2. The van der Waals surface area contributed by atoms with Gasteiger partial charge in [-0.2, -0.15) is 0 Å². The Kier molecular flexibility index (Phi) is 5.32. The van der Waals surface area contributed by atoms with Crippen molar-refractivity contribution in [3.63, 3.8) is 0 Å². The number of para-hydroxylation sites is 1. The molecule has 0 aliphatic rings. The van der Waals surface area contributed by atoms with Gasteiger partial charge in [0.1, 0.15) is 5.75 Å². The number of ether oxygens (including phenoxy) is 1. The third-order valence-corrected chi connectivity index (χ3v) is 3.62. The molecule has 0 atom stereocenters. The fourth-order valence-corrected chi connectivity index (χ4v) is 2.31. The molecule has 4 heteroatoms. The molecule has 1 amide bonds. The summed E-state index contributed by atoms with van der Waals surface area (Å²) in [6.45, 7) is 1.99. The van der Waals surface area contributed by atoms with Crippen LogP contribution >= 0.6 is 0 Å². The van der Waals surface area contributed by atoms with Gasteiger partial charge in [-0.1, -0.05) is 35.9 Å². The first-order chi connectivity index (χ1) is 12.2. The van der Waals surface area contributed by atoms with E-state index in [0.717, 1.165) is 22.6 Å². The van der Waals surface area contributed by atoms with Gasteiger partial charge >= 0.3 is 0 Å². The molecule has 25 heavy (non-hydrogen) atoms. The first-order valence-corrected chi connectivity index (χ1v) is 8.10. The van der Waals surface area contributed by atoms with Crippen molar-refractivity contribution in [1.82, 2.24) is 0 Å². The van der Waals surface area contributed by atoms with Gasteiger partial charge in [0.15, 0.2) is 6.61 Å². The third kappa shape index (κ3) is 5.11. The summed E-state index contributed by atoms with van der Waals surface area (Å²) in [5.41, 5.74) is 3.86. The molecular formula is C21H20N2O2. The van der Waals surface area contributed by atoms with Crippen molar-refractivity contribution in [2.75, 3.05) is 17.2 Å². The van der Waals surface area contributed by atoms with E-state index in [4.69, 9.17) is 4.74 Å². The molecule has 0 radical (unpaired) electrons. The minimum atomic E-state index is -0.190. The molecule has 0 aliphatic heterocycles. The van der Waals surface area contributed by atoms with Crippen molar-refractivity contribution < 1.29 is 9.53 Å². The third-order valence-electron chi connectivity index (χ3n) is 3.62. The van der Waals surface area contributed by atoms with Gasteiger partial charge in [0.25, 0.3) is 5.91 Å². The minimum absolute atomic E-state index is 0.0208. The molecule has 0 fully saturated rings. The van der Waals surface area contributed by atoms with Crippen LogP contribution in [0.25, 0.3) is 0 Å². The average molecular weight is 332 g/mol. The average Bonchev–Trinajstić information content (AvgIpc) is 2.64. The molecule has 0 aromatic heterocycles. The van der Waals surface area contributed by atoms with Crippen molar-refractivity contribution >= 4 is 23.0 Å². The summed E-state index contributed by atoms with van der Waals surface area (Å²) >= 11 is 0. The van der Waals surface area contributed by atoms with Gasteiger partial charge in [0.2, 0.25) is 0 Å². The molecule has 0 heterocycles. The number of benzene rings is 3. The SMILES string of the molecule is Cc1ccc(OCC(=O)Nc2ccc(Nc3ccccc3)cc2)cc1. The second-order valence-corrected chi connectivity index (χ2v) is 5.72. The van der Waals surface area contributed by atoms with Crippen molar-refractivity contribution in [3.05, 3.63) is 84.4 Å². The number of amides is 1. The summed E-state index contributed by atoms with van der Waals surface area (Å²) in [5, 5.41) is 6.12. The lowest BCUT2D eigenvalue weighted by Gasteiger charge is -2.09. The summed E-state index contributed by atoms with van der Waals surface area (Å²) < 4.78 is 5.47. The van der Waals surface area contributed by atoms with Crippen LogP contribution in [-0.2, 0) is 4.79 Å². The van der Waals surface area contributed by atoms with Crippen LogP contribution in [0.5, 0.6) is 5.75 Å². The number of carbonyl (C=O) groups excluding carboxylic acids is 1. The lowest BCUT2D eigenvalue weighted by Crippen LogP contribution is -2.20. The normalized spacial score (nSPS) is 10.1. The Hall–Kier alpha value is -3.27. The predicted molar refractivity (Wildman–Crippen MR) is 101 cm³/mol. The van der Waals surface area contributed by atoms with Crippen molar-refractivity contribution in [2.45, 2.75) is 6.92 Å². The number of nitrogens with one attached hydrogen (secondary N) is 2. The van der Waals surface area contributed by atoms with Gasteiger partial charge in [-0.05, 0) is 55.5 Å². The van der Waals surface area contributed by atoms with Crippen LogP contribution in [0.1, 0.15) is 5.56 Å². The second kappa shape index (κ2) is 8.02. The monoisotopic (exact) mass is 332 g/mol. The van der Waals surface area contributed by atoms with E-state index >= 15 is 0 Å². The van der Waals surface area contributed by atoms with Gasteiger partial charge < -0.3 is 15.4 Å². The Bertz CT molecular complexity index is 813. The highest BCUT2D eigenvalue weighted by Crippen LogP contribution is 2.18. The van der Waals surface area contributed by atoms with Gasteiger partial charge in [-0.15, -0.1) is 0 Å². The second-order valence-electron chi connectivity index (χ2n) is 5.72. The van der Waals surface area contributed by atoms with E-state index in [1.165, 1.54) is 0 Å². The quantitative estimate of drug-likeness (QED) is 0.684. The van der Waals surface area contributed by atoms with Crippen molar-refractivity contribution in [3.8, 4) is 5.75 Å². The Labute approximate surface area is 147 Å². The maximum absolute atomic E-state index is 12.0. The first kappa shape index (κ1) is 16.6. The zero-order chi connectivity index (χ0) is 17.5. The molecule has 0 spiro atoms. The van der Waals surface area contributed by atoms with E-state index in [1.807, 2.05) is 85.8 Å². The number of rotatable bonds is 6. The number of carbonyl (C=O) groups is 1. The lowest BCUT2D eigenvalue weighted by molar-refractivity contribution is -0.118. The topological polar surface area (TPSA) is 50.4 Å². The Balaban J connectivity index is 1.50. The fraction of sp³-hybridized carbons (Fsp3) is 0.0952. The van der Waals surface area contributed by atoms with Crippen LogP contribution < -0.4 is 15.4 Å². The maximum Gasteiger partial charge on any atom is 0.262 e. The van der Waals surface area contributed by atoms with Crippen LogP contribution in [0.2, 0.25) is 0 Å². The molecule has 2 N–H and O–H groups in total. The van der Waals surface area contributed by atoms with E-state index < -0.39 is 0 Å². The highest BCUT2D eigenvalue weighted by molar-refractivity contribution is 5.92. The zero-order valence-electron chi connectivity index (χ0n) is 14.0. The summed E-state index contributed by atoms with van der Waals surface area (Å²) in [4.78, 5) is 12.0. The Morgan fingerprint density at radius 3 is 2.08 bits per heavy atom. The molecule has 3 rings (SSSR count). The molecule has 0 aliphatic carbocycles. The predicted octanol–water partition coefficient (Wildman–Crippen LogP) is 4.76. The maximum atomic E-state index is 12.0. The van der Waals surface area contributed by atoms with E-state index in [0.29, 0.717) is 5.75 Å². The Morgan fingerprint density at radius 1 is 0.800 bits per heavy atom. The highest BCUT2D eigenvalue weighted by Gasteiger charge is 2.04. The highest BCUT2D eigenvalue weighted by atomic mass is 16.5. The lowest BCUT2D eigenvalue weighted by atomic mass is 10.2.